The summed E-state index contributed by atoms with van der Waals surface area (Å²) in [7, 11) is 0. The maximum absolute atomic E-state index is 12.6. The molecule has 8 heteroatoms. The standard InChI is InChI=1S/C21H19N3O5/c22-19(25)10-12-29-17-8-2-1-7-16(17)24-20(26)14-5-3-6-15(13-14)23-21(27)18-9-4-11-28-18/h1-9,11,13H,10,12H2,(H2,22,25)(H,23,27)(H,24,26). The van der Waals surface area contributed by atoms with Crippen LogP contribution in [0.4, 0.5) is 11.4 Å². The molecule has 0 saturated carbocycles. The lowest BCUT2D eigenvalue weighted by atomic mass is 10.1. The van der Waals surface area contributed by atoms with E-state index in [2.05, 4.69) is 10.6 Å². The number of primary amides is 1. The zero-order valence-electron chi connectivity index (χ0n) is 15.4. The number of furan rings is 1. The predicted molar refractivity (Wildman–Crippen MR) is 107 cm³/mol. The van der Waals surface area contributed by atoms with Crippen molar-refractivity contribution in [2.45, 2.75) is 6.42 Å². The van der Waals surface area contributed by atoms with Crippen LogP contribution in [0.5, 0.6) is 5.75 Å². The van der Waals surface area contributed by atoms with Crippen molar-refractivity contribution in [1.82, 2.24) is 0 Å². The molecule has 0 saturated heterocycles. The summed E-state index contributed by atoms with van der Waals surface area (Å²) in [5.74, 6) is -0.683. The minimum absolute atomic E-state index is 0.0691. The van der Waals surface area contributed by atoms with Crippen molar-refractivity contribution < 1.29 is 23.5 Å². The van der Waals surface area contributed by atoms with Crippen molar-refractivity contribution in [3.63, 3.8) is 0 Å². The highest BCUT2D eigenvalue weighted by atomic mass is 16.5. The van der Waals surface area contributed by atoms with E-state index in [-0.39, 0.29) is 24.7 Å². The quantitative estimate of drug-likeness (QED) is 0.543. The van der Waals surface area contributed by atoms with Crippen molar-refractivity contribution in [2.24, 2.45) is 5.73 Å². The Morgan fingerprint density at radius 2 is 1.76 bits per heavy atom. The number of carbonyl (C=O) groups excluding carboxylic acids is 3. The lowest BCUT2D eigenvalue weighted by Gasteiger charge is -2.12. The van der Waals surface area contributed by atoms with Gasteiger partial charge in [-0.25, -0.2) is 0 Å². The van der Waals surface area contributed by atoms with Gasteiger partial charge in [0.15, 0.2) is 5.76 Å². The Labute approximate surface area is 166 Å². The number of ether oxygens (including phenoxy) is 1. The number of hydrogen-bond donors (Lipinski definition) is 3. The number of nitrogens with two attached hydrogens (primary N) is 1. The van der Waals surface area contributed by atoms with Gasteiger partial charge < -0.3 is 25.5 Å². The zero-order valence-corrected chi connectivity index (χ0v) is 15.4. The third-order valence-corrected chi connectivity index (χ3v) is 3.87. The highest BCUT2D eigenvalue weighted by Crippen LogP contribution is 2.25. The molecule has 8 nitrogen and oxygen atoms in total. The van der Waals surface area contributed by atoms with E-state index in [9.17, 15) is 14.4 Å². The van der Waals surface area contributed by atoms with Gasteiger partial charge in [-0.3, -0.25) is 14.4 Å². The summed E-state index contributed by atoms with van der Waals surface area (Å²) >= 11 is 0. The summed E-state index contributed by atoms with van der Waals surface area (Å²) in [5, 5.41) is 5.43. The zero-order chi connectivity index (χ0) is 20.6. The number of hydrogen-bond acceptors (Lipinski definition) is 5. The molecule has 3 rings (SSSR count). The van der Waals surface area contributed by atoms with E-state index in [1.54, 1.807) is 60.7 Å². The van der Waals surface area contributed by atoms with E-state index in [0.29, 0.717) is 22.7 Å². The fourth-order valence-electron chi connectivity index (χ4n) is 2.49. The van der Waals surface area contributed by atoms with Crippen molar-refractivity contribution >= 4 is 29.1 Å². The van der Waals surface area contributed by atoms with Crippen molar-refractivity contribution in [1.29, 1.82) is 0 Å². The van der Waals surface area contributed by atoms with Crippen LogP contribution in [-0.4, -0.2) is 24.3 Å². The molecular formula is C21H19N3O5. The minimum atomic E-state index is -0.472. The SMILES string of the molecule is NC(=O)CCOc1ccccc1NC(=O)c1cccc(NC(=O)c2ccco2)c1. The Morgan fingerprint density at radius 1 is 0.931 bits per heavy atom. The molecule has 0 fully saturated rings. The average Bonchev–Trinajstić information content (AvgIpc) is 3.24. The summed E-state index contributed by atoms with van der Waals surface area (Å²) in [5.41, 5.74) is 6.35. The first kappa shape index (κ1) is 19.7. The number of nitrogens with one attached hydrogen (secondary N) is 2. The van der Waals surface area contributed by atoms with Gasteiger partial charge in [-0.05, 0) is 42.5 Å². The summed E-state index contributed by atoms with van der Waals surface area (Å²) in [4.78, 5) is 35.6. The molecule has 1 heterocycles. The molecule has 0 unspecified atom stereocenters. The monoisotopic (exact) mass is 393 g/mol. The van der Waals surface area contributed by atoms with Crippen LogP contribution in [0.2, 0.25) is 0 Å². The van der Waals surface area contributed by atoms with Gasteiger partial charge in [-0.2, -0.15) is 0 Å². The molecule has 0 spiro atoms. The smallest absolute Gasteiger partial charge is 0.291 e. The Hall–Kier alpha value is -4.07. The molecule has 0 atom stereocenters. The number of benzene rings is 2. The van der Waals surface area contributed by atoms with Crippen LogP contribution in [0, 0.1) is 0 Å². The Morgan fingerprint density at radius 3 is 2.52 bits per heavy atom. The largest absolute Gasteiger partial charge is 0.491 e. The third kappa shape index (κ3) is 5.46. The number of amides is 3. The molecule has 1 aromatic heterocycles. The average molecular weight is 393 g/mol. The van der Waals surface area contributed by atoms with Crippen LogP contribution < -0.4 is 21.1 Å². The van der Waals surface area contributed by atoms with Gasteiger partial charge in [-0.15, -0.1) is 0 Å². The summed E-state index contributed by atoms with van der Waals surface area (Å²) in [6, 6.07) is 16.5. The number of para-hydroxylation sites is 2. The second-order valence-corrected chi connectivity index (χ2v) is 6.03. The lowest BCUT2D eigenvalue weighted by molar-refractivity contribution is -0.118. The molecule has 2 aromatic carbocycles. The second kappa shape index (κ2) is 9.23. The molecule has 0 aliphatic rings. The first-order valence-corrected chi connectivity index (χ1v) is 8.79. The van der Waals surface area contributed by atoms with Gasteiger partial charge in [0.2, 0.25) is 5.91 Å². The van der Waals surface area contributed by atoms with Crippen LogP contribution in [0.15, 0.2) is 71.3 Å². The van der Waals surface area contributed by atoms with Gasteiger partial charge in [0.1, 0.15) is 5.75 Å². The Kier molecular flexibility index (Phi) is 6.26. The minimum Gasteiger partial charge on any atom is -0.491 e. The molecule has 0 radical (unpaired) electrons. The van der Waals surface area contributed by atoms with Gasteiger partial charge in [0.05, 0.1) is 25.0 Å². The number of rotatable bonds is 8. The van der Waals surface area contributed by atoms with E-state index in [0.717, 1.165) is 0 Å². The van der Waals surface area contributed by atoms with Gasteiger partial charge >= 0.3 is 0 Å². The third-order valence-electron chi connectivity index (χ3n) is 3.87. The lowest BCUT2D eigenvalue weighted by Crippen LogP contribution is -2.16. The fourth-order valence-corrected chi connectivity index (χ4v) is 2.49. The van der Waals surface area contributed by atoms with Crippen LogP contribution in [0.3, 0.4) is 0 Å². The summed E-state index contributed by atoms with van der Waals surface area (Å²) < 4.78 is 10.6. The first-order chi connectivity index (χ1) is 14.0. The normalized spacial score (nSPS) is 10.2. The van der Waals surface area contributed by atoms with Crippen molar-refractivity contribution in [3.05, 3.63) is 78.3 Å². The van der Waals surface area contributed by atoms with Gasteiger partial charge in [0, 0.05) is 11.3 Å². The second-order valence-electron chi connectivity index (χ2n) is 6.03. The van der Waals surface area contributed by atoms with Gasteiger partial charge in [-0.1, -0.05) is 18.2 Å². The fraction of sp³-hybridized carbons (Fsp3) is 0.0952. The highest BCUT2D eigenvalue weighted by molar-refractivity contribution is 6.07. The first-order valence-electron chi connectivity index (χ1n) is 8.79. The molecule has 0 aliphatic heterocycles. The summed E-state index contributed by atoms with van der Waals surface area (Å²) in [6.45, 7) is 0.108. The molecule has 3 amide bonds. The number of anilines is 2. The molecule has 148 valence electrons. The maximum atomic E-state index is 12.6. The molecular weight excluding hydrogens is 374 g/mol. The van der Waals surface area contributed by atoms with Crippen LogP contribution in [-0.2, 0) is 4.79 Å². The molecule has 0 aliphatic carbocycles. The van der Waals surface area contributed by atoms with E-state index < -0.39 is 11.8 Å². The van der Waals surface area contributed by atoms with E-state index in [1.165, 1.54) is 6.26 Å². The van der Waals surface area contributed by atoms with Gasteiger partial charge in [0.25, 0.3) is 11.8 Å². The molecule has 3 aromatic rings. The highest BCUT2D eigenvalue weighted by Gasteiger charge is 2.13. The maximum Gasteiger partial charge on any atom is 0.291 e. The van der Waals surface area contributed by atoms with Crippen molar-refractivity contribution in [2.75, 3.05) is 17.2 Å². The topological polar surface area (TPSA) is 124 Å². The Balaban J connectivity index is 1.68. The van der Waals surface area contributed by atoms with E-state index in [4.69, 9.17) is 14.9 Å². The van der Waals surface area contributed by atoms with Crippen molar-refractivity contribution in [3.8, 4) is 5.75 Å². The number of carbonyl (C=O) groups is 3. The Bertz CT molecular complexity index is 1010. The van der Waals surface area contributed by atoms with Crippen LogP contribution in [0.1, 0.15) is 27.3 Å². The van der Waals surface area contributed by atoms with E-state index >= 15 is 0 Å². The molecule has 0 bridgehead atoms. The van der Waals surface area contributed by atoms with Crippen LogP contribution >= 0.6 is 0 Å². The van der Waals surface area contributed by atoms with Crippen LogP contribution in [0.25, 0.3) is 0 Å². The van der Waals surface area contributed by atoms with E-state index in [1.807, 2.05) is 0 Å². The molecule has 4 N–H and O–H groups in total. The summed E-state index contributed by atoms with van der Waals surface area (Å²) in [6.07, 6.45) is 1.47. The molecule has 29 heavy (non-hydrogen) atoms. The predicted octanol–water partition coefficient (Wildman–Crippen LogP) is 3.04.